The van der Waals surface area contributed by atoms with Crippen LogP contribution in [0.4, 0.5) is 5.82 Å². The van der Waals surface area contributed by atoms with Gasteiger partial charge < -0.3 is 28.7 Å². The number of rotatable bonds is 9. The van der Waals surface area contributed by atoms with E-state index in [2.05, 4.69) is 0 Å². The molecule has 0 radical (unpaired) electrons. The number of hydrogen-bond acceptors (Lipinski definition) is 7. The van der Waals surface area contributed by atoms with Crippen LogP contribution >= 0.6 is 0 Å². The van der Waals surface area contributed by atoms with Crippen LogP contribution in [0.1, 0.15) is 28.8 Å². The molecule has 1 aliphatic heterocycles. The van der Waals surface area contributed by atoms with Crippen LogP contribution in [-0.4, -0.2) is 70.5 Å². The maximum absolute atomic E-state index is 13.7. The van der Waals surface area contributed by atoms with Gasteiger partial charge in [0.2, 0.25) is 0 Å². The van der Waals surface area contributed by atoms with Crippen molar-refractivity contribution in [3.63, 3.8) is 0 Å². The molecule has 0 aliphatic carbocycles. The number of carbonyl (C=O) groups excluding carboxylic acids is 1. The van der Waals surface area contributed by atoms with Gasteiger partial charge in [-0.25, -0.2) is 4.98 Å². The van der Waals surface area contributed by atoms with E-state index in [-0.39, 0.29) is 12.0 Å². The highest BCUT2D eigenvalue weighted by Crippen LogP contribution is 2.35. The zero-order valence-corrected chi connectivity index (χ0v) is 21.0. The van der Waals surface area contributed by atoms with E-state index in [1.54, 1.807) is 27.4 Å². The summed E-state index contributed by atoms with van der Waals surface area (Å²) in [6, 6.07) is 13.0. The molecule has 8 nitrogen and oxygen atoms in total. The molecule has 35 heavy (non-hydrogen) atoms. The number of methoxy groups -OCH3 is 3. The Bertz CT molecular complexity index is 1190. The highest BCUT2D eigenvalue weighted by atomic mass is 16.5. The number of amides is 1. The van der Waals surface area contributed by atoms with E-state index >= 15 is 0 Å². The molecule has 4 rings (SSSR count). The summed E-state index contributed by atoms with van der Waals surface area (Å²) in [4.78, 5) is 22.4. The average Bonchev–Trinajstić information content (AvgIpc) is 3.39. The maximum Gasteiger partial charge on any atom is 0.254 e. The molecule has 1 atom stereocenters. The largest absolute Gasteiger partial charge is 0.497 e. The lowest BCUT2D eigenvalue weighted by molar-refractivity contribution is 0.0507. The van der Waals surface area contributed by atoms with Gasteiger partial charge in [0.15, 0.2) is 0 Å². The molecule has 1 fully saturated rings. The number of aromatic nitrogens is 1. The van der Waals surface area contributed by atoms with E-state index in [1.165, 1.54) is 0 Å². The minimum absolute atomic E-state index is 0.00964. The van der Waals surface area contributed by atoms with Crippen LogP contribution in [-0.2, 0) is 11.3 Å². The van der Waals surface area contributed by atoms with Crippen LogP contribution in [0.25, 0.3) is 10.9 Å². The minimum Gasteiger partial charge on any atom is -0.497 e. The van der Waals surface area contributed by atoms with Crippen LogP contribution in [0.5, 0.6) is 17.2 Å². The molecule has 2 aromatic carbocycles. The first-order valence-electron chi connectivity index (χ1n) is 11.7. The Morgan fingerprint density at radius 3 is 2.49 bits per heavy atom. The first-order chi connectivity index (χ1) is 16.9. The third-order valence-corrected chi connectivity index (χ3v) is 6.24. The van der Waals surface area contributed by atoms with Gasteiger partial charge in [-0.1, -0.05) is 6.07 Å². The third kappa shape index (κ3) is 5.27. The van der Waals surface area contributed by atoms with Gasteiger partial charge >= 0.3 is 0 Å². The highest BCUT2D eigenvalue weighted by molar-refractivity contribution is 5.95. The number of fused-ring (bicyclic) bond motifs is 1. The van der Waals surface area contributed by atoms with Gasteiger partial charge in [-0.15, -0.1) is 0 Å². The second-order valence-electron chi connectivity index (χ2n) is 8.78. The highest BCUT2D eigenvalue weighted by Gasteiger charge is 2.26. The van der Waals surface area contributed by atoms with E-state index in [9.17, 15) is 4.79 Å². The third-order valence-electron chi connectivity index (χ3n) is 6.24. The lowest BCUT2D eigenvalue weighted by Crippen LogP contribution is -2.37. The van der Waals surface area contributed by atoms with Crippen molar-refractivity contribution in [2.24, 2.45) is 0 Å². The molecule has 0 N–H and O–H groups in total. The molecule has 1 aliphatic rings. The fourth-order valence-corrected chi connectivity index (χ4v) is 4.48. The molecule has 0 bridgehead atoms. The van der Waals surface area contributed by atoms with Crippen molar-refractivity contribution < 1.29 is 23.7 Å². The molecule has 8 heteroatoms. The average molecular weight is 480 g/mol. The summed E-state index contributed by atoms with van der Waals surface area (Å²) in [5, 5.41) is 0.832. The minimum atomic E-state index is -0.0817. The van der Waals surface area contributed by atoms with Crippen LogP contribution in [0, 0.1) is 0 Å². The summed E-state index contributed by atoms with van der Waals surface area (Å²) in [7, 11) is 8.75. The number of pyridine rings is 1. The van der Waals surface area contributed by atoms with Crippen molar-refractivity contribution >= 4 is 22.6 Å². The Morgan fingerprint density at radius 2 is 1.83 bits per heavy atom. The van der Waals surface area contributed by atoms with E-state index in [0.29, 0.717) is 41.4 Å². The van der Waals surface area contributed by atoms with Crippen LogP contribution in [0.2, 0.25) is 0 Å². The lowest BCUT2D eigenvalue weighted by atomic mass is 10.1. The molecule has 1 saturated heterocycles. The van der Waals surface area contributed by atoms with Crippen molar-refractivity contribution in [1.29, 1.82) is 0 Å². The number of ether oxygens (including phenoxy) is 4. The van der Waals surface area contributed by atoms with Gasteiger partial charge in [0.1, 0.15) is 28.6 Å². The molecule has 3 aromatic rings. The fraction of sp³-hybridized carbons (Fsp3) is 0.407. The van der Waals surface area contributed by atoms with E-state index in [1.807, 2.05) is 60.3 Å². The van der Waals surface area contributed by atoms with Crippen molar-refractivity contribution in [3.8, 4) is 17.2 Å². The molecule has 2 heterocycles. The van der Waals surface area contributed by atoms with Gasteiger partial charge in [-0.3, -0.25) is 4.79 Å². The Labute approximate surface area is 206 Å². The summed E-state index contributed by atoms with van der Waals surface area (Å²) in [6.07, 6.45) is 1.95. The predicted molar refractivity (Wildman–Crippen MR) is 136 cm³/mol. The van der Waals surface area contributed by atoms with Crippen molar-refractivity contribution in [1.82, 2.24) is 9.88 Å². The molecule has 1 amide bonds. The standard InChI is InChI=1S/C27H33N3O5/c1-29(2)26-19(15-22-23(33-4)11-12-24(34-5)25(22)28-26)16-30(17-21-10-7-13-35-21)27(31)18-8-6-9-20(14-18)32-3/h6,8-9,11-12,14-15,21H,7,10,13,16-17H2,1-5H3/t21-/m0/s1. The van der Waals surface area contributed by atoms with Gasteiger partial charge in [-0.2, -0.15) is 0 Å². The monoisotopic (exact) mass is 479 g/mol. The maximum atomic E-state index is 13.7. The summed E-state index contributed by atoms with van der Waals surface area (Å²) < 4.78 is 22.4. The summed E-state index contributed by atoms with van der Waals surface area (Å²) in [5.74, 6) is 2.69. The number of benzene rings is 2. The Morgan fingerprint density at radius 1 is 1.06 bits per heavy atom. The number of nitrogens with zero attached hydrogens (tertiary/aromatic N) is 3. The van der Waals surface area contributed by atoms with E-state index < -0.39 is 0 Å². The molecule has 1 aromatic heterocycles. The van der Waals surface area contributed by atoms with E-state index in [4.69, 9.17) is 23.9 Å². The van der Waals surface area contributed by atoms with Crippen LogP contribution < -0.4 is 19.1 Å². The smallest absolute Gasteiger partial charge is 0.254 e. The Hall–Kier alpha value is -3.52. The van der Waals surface area contributed by atoms with Crippen molar-refractivity contribution in [2.75, 3.05) is 53.5 Å². The second-order valence-corrected chi connectivity index (χ2v) is 8.78. The SMILES string of the molecule is COc1cccc(C(=O)N(Cc2cc3c(OC)ccc(OC)c3nc2N(C)C)C[C@@H]2CCCO2)c1. The zero-order chi connectivity index (χ0) is 24.9. The van der Waals surface area contributed by atoms with E-state index in [0.717, 1.165) is 36.2 Å². The fourth-order valence-electron chi connectivity index (χ4n) is 4.48. The Balaban J connectivity index is 1.78. The number of carbonyl (C=O) groups is 1. The lowest BCUT2D eigenvalue weighted by Gasteiger charge is -2.28. The molecule has 0 spiro atoms. The normalized spacial score (nSPS) is 15.2. The summed E-state index contributed by atoms with van der Waals surface area (Å²) >= 11 is 0. The predicted octanol–water partition coefficient (Wildman–Crippen LogP) is 4.15. The van der Waals surface area contributed by atoms with Crippen molar-refractivity contribution in [3.05, 3.63) is 53.6 Å². The van der Waals surface area contributed by atoms with Crippen molar-refractivity contribution in [2.45, 2.75) is 25.5 Å². The molecule has 186 valence electrons. The molecule has 0 saturated carbocycles. The van der Waals surface area contributed by atoms with Gasteiger partial charge in [0, 0.05) is 50.3 Å². The quantitative estimate of drug-likeness (QED) is 0.457. The topological polar surface area (TPSA) is 73.4 Å². The van der Waals surface area contributed by atoms with Gasteiger partial charge in [0.05, 0.1) is 27.4 Å². The zero-order valence-electron chi connectivity index (χ0n) is 21.0. The number of anilines is 1. The molecular weight excluding hydrogens is 446 g/mol. The Kier molecular flexibility index (Phi) is 7.60. The first kappa shape index (κ1) is 24.6. The summed E-state index contributed by atoms with van der Waals surface area (Å²) in [6.45, 7) is 1.59. The summed E-state index contributed by atoms with van der Waals surface area (Å²) in [5.41, 5.74) is 2.19. The number of hydrogen-bond donors (Lipinski definition) is 0. The molecule has 0 unspecified atom stereocenters. The first-order valence-corrected chi connectivity index (χ1v) is 11.7. The van der Waals surface area contributed by atoms with Crippen LogP contribution in [0.15, 0.2) is 42.5 Å². The molecular formula is C27H33N3O5. The van der Waals surface area contributed by atoms with Gasteiger partial charge in [-0.05, 0) is 49.2 Å². The van der Waals surface area contributed by atoms with Crippen LogP contribution in [0.3, 0.4) is 0 Å². The van der Waals surface area contributed by atoms with Gasteiger partial charge in [0.25, 0.3) is 5.91 Å². The second kappa shape index (κ2) is 10.8.